The molecular weight excluding hydrogens is 194 g/mol. The van der Waals surface area contributed by atoms with Crippen molar-refractivity contribution in [3.05, 3.63) is 0 Å². The van der Waals surface area contributed by atoms with E-state index in [2.05, 4.69) is 19.2 Å². The quantitative estimate of drug-likeness (QED) is 0.637. The van der Waals surface area contributed by atoms with Gasteiger partial charge >= 0.3 is 0 Å². The molecule has 2 aliphatic rings. The van der Waals surface area contributed by atoms with E-state index in [4.69, 9.17) is 0 Å². The molecule has 2 fully saturated rings. The molecule has 1 saturated carbocycles. The Labute approximate surface area is 104 Å². The Bertz CT molecular complexity index is 173. The predicted molar refractivity (Wildman–Crippen MR) is 74.8 cm³/mol. The highest BCUT2D eigenvalue weighted by Crippen LogP contribution is 2.34. The van der Waals surface area contributed by atoms with E-state index < -0.39 is 0 Å². The minimum Gasteiger partial charge on any atom is -0.313 e. The van der Waals surface area contributed by atoms with Gasteiger partial charge in [-0.25, -0.2) is 0 Å². The van der Waals surface area contributed by atoms with Crippen LogP contribution in [-0.4, -0.2) is 12.6 Å². The monoisotopic (exact) mass is 227 g/mol. The van der Waals surface area contributed by atoms with E-state index in [1.807, 2.05) is 13.8 Å². The Morgan fingerprint density at radius 3 is 2.44 bits per heavy atom. The predicted octanol–water partition coefficient (Wildman–Crippen LogP) is 4.62. The number of nitrogens with one attached hydrogen (secondary N) is 1. The fourth-order valence-corrected chi connectivity index (χ4v) is 3.07. The summed E-state index contributed by atoms with van der Waals surface area (Å²) in [4.78, 5) is 0. The SMILES string of the molecule is CC.CC1(C)CCC2CCCCCC2NC1.[HH]. The standard InChI is InChI=1S/C13H25N.C2H6.H2/c1-13(2)9-8-11-6-4-3-5-7-12(11)14-10-13;1-2;/h11-12,14H,3-10H2,1-2H3;1-2H3;1H. The van der Waals surface area contributed by atoms with Crippen LogP contribution in [-0.2, 0) is 0 Å². The molecule has 0 aromatic carbocycles. The minimum atomic E-state index is 0. The van der Waals surface area contributed by atoms with Crippen molar-refractivity contribution in [3.8, 4) is 0 Å². The van der Waals surface area contributed by atoms with Crippen LogP contribution in [0.2, 0.25) is 0 Å². The third kappa shape index (κ3) is 4.08. The molecule has 98 valence electrons. The number of rotatable bonds is 0. The van der Waals surface area contributed by atoms with Gasteiger partial charge < -0.3 is 5.32 Å². The molecule has 16 heavy (non-hydrogen) atoms. The molecule has 1 aliphatic heterocycles. The van der Waals surface area contributed by atoms with Gasteiger partial charge in [-0.2, -0.15) is 0 Å². The lowest BCUT2D eigenvalue weighted by Crippen LogP contribution is -2.37. The van der Waals surface area contributed by atoms with Gasteiger partial charge in [0.1, 0.15) is 0 Å². The number of hydrogen-bond donors (Lipinski definition) is 1. The Morgan fingerprint density at radius 1 is 1.00 bits per heavy atom. The second kappa shape index (κ2) is 6.64. The lowest BCUT2D eigenvalue weighted by molar-refractivity contribution is 0.325. The highest BCUT2D eigenvalue weighted by Gasteiger charge is 2.30. The molecule has 0 aromatic rings. The second-order valence-corrected chi connectivity index (χ2v) is 6.09. The van der Waals surface area contributed by atoms with Gasteiger partial charge in [0.05, 0.1) is 0 Å². The van der Waals surface area contributed by atoms with Crippen molar-refractivity contribution in [2.24, 2.45) is 11.3 Å². The lowest BCUT2D eigenvalue weighted by atomic mass is 9.84. The van der Waals surface area contributed by atoms with Crippen molar-refractivity contribution in [2.45, 2.75) is 78.7 Å². The first-order valence-electron chi connectivity index (χ1n) is 7.41. The van der Waals surface area contributed by atoms with Gasteiger partial charge in [-0.15, -0.1) is 0 Å². The zero-order valence-corrected chi connectivity index (χ0v) is 11.8. The fraction of sp³-hybridized carbons (Fsp3) is 1.00. The summed E-state index contributed by atoms with van der Waals surface area (Å²) >= 11 is 0. The van der Waals surface area contributed by atoms with Crippen molar-refractivity contribution in [2.75, 3.05) is 6.54 Å². The van der Waals surface area contributed by atoms with Gasteiger partial charge in [-0.1, -0.05) is 47.0 Å². The van der Waals surface area contributed by atoms with Gasteiger partial charge in [0.15, 0.2) is 0 Å². The van der Waals surface area contributed by atoms with Crippen LogP contribution < -0.4 is 5.32 Å². The molecule has 1 heterocycles. The van der Waals surface area contributed by atoms with Crippen molar-refractivity contribution in [3.63, 3.8) is 0 Å². The third-order valence-corrected chi connectivity index (χ3v) is 4.19. The molecule has 1 aliphatic carbocycles. The second-order valence-electron chi connectivity index (χ2n) is 6.09. The molecule has 0 amide bonds. The average molecular weight is 227 g/mol. The Morgan fingerprint density at radius 2 is 1.69 bits per heavy atom. The molecule has 0 aromatic heterocycles. The summed E-state index contributed by atoms with van der Waals surface area (Å²) in [6.45, 7) is 10.0. The van der Waals surface area contributed by atoms with Crippen LogP contribution in [0.25, 0.3) is 0 Å². The van der Waals surface area contributed by atoms with E-state index >= 15 is 0 Å². The summed E-state index contributed by atoms with van der Waals surface area (Å²) < 4.78 is 0. The maximum absolute atomic E-state index is 3.81. The Hall–Kier alpha value is -0.0400. The van der Waals surface area contributed by atoms with Gasteiger partial charge in [0.2, 0.25) is 0 Å². The smallest absolute Gasteiger partial charge is 0.00955 e. The fourth-order valence-electron chi connectivity index (χ4n) is 3.07. The Kier molecular flexibility index (Phi) is 5.82. The van der Waals surface area contributed by atoms with E-state index in [1.54, 1.807) is 0 Å². The summed E-state index contributed by atoms with van der Waals surface area (Å²) in [5.74, 6) is 0.985. The van der Waals surface area contributed by atoms with Crippen molar-refractivity contribution < 1.29 is 1.43 Å². The first kappa shape index (κ1) is 14.0. The maximum Gasteiger partial charge on any atom is 0.00955 e. The van der Waals surface area contributed by atoms with Crippen LogP contribution in [0.1, 0.15) is 74.1 Å². The summed E-state index contributed by atoms with van der Waals surface area (Å²) in [6.07, 6.45) is 10.2. The summed E-state index contributed by atoms with van der Waals surface area (Å²) in [5, 5.41) is 3.81. The van der Waals surface area contributed by atoms with Gasteiger partial charge in [-0.3, -0.25) is 0 Å². The van der Waals surface area contributed by atoms with Crippen LogP contribution in [0.15, 0.2) is 0 Å². The molecule has 1 N–H and O–H groups in total. The topological polar surface area (TPSA) is 12.0 Å². The van der Waals surface area contributed by atoms with Crippen molar-refractivity contribution in [1.29, 1.82) is 0 Å². The van der Waals surface area contributed by atoms with Gasteiger partial charge in [0, 0.05) is 14.0 Å². The van der Waals surface area contributed by atoms with Gasteiger partial charge in [0.25, 0.3) is 0 Å². The van der Waals surface area contributed by atoms with Crippen LogP contribution in [0, 0.1) is 11.3 Å². The largest absolute Gasteiger partial charge is 0.313 e. The molecule has 2 atom stereocenters. The minimum absolute atomic E-state index is 0. The molecule has 1 saturated heterocycles. The zero-order valence-electron chi connectivity index (χ0n) is 11.8. The van der Waals surface area contributed by atoms with E-state index in [9.17, 15) is 0 Å². The number of fused-ring (bicyclic) bond motifs is 1. The maximum atomic E-state index is 3.81. The van der Waals surface area contributed by atoms with Crippen LogP contribution >= 0.6 is 0 Å². The van der Waals surface area contributed by atoms with E-state index in [1.165, 1.54) is 51.5 Å². The molecule has 1 nitrogen and oxygen atoms in total. The summed E-state index contributed by atoms with van der Waals surface area (Å²) in [6, 6.07) is 0.847. The zero-order chi connectivity index (χ0) is 12.0. The lowest BCUT2D eigenvalue weighted by Gasteiger charge is -2.23. The molecule has 1 heteroatoms. The van der Waals surface area contributed by atoms with E-state index in [0.29, 0.717) is 5.41 Å². The molecule has 0 bridgehead atoms. The molecule has 0 spiro atoms. The number of hydrogen-bond acceptors (Lipinski definition) is 1. The first-order chi connectivity index (χ1) is 7.67. The van der Waals surface area contributed by atoms with Gasteiger partial charge in [-0.05, 0) is 37.0 Å². The highest BCUT2D eigenvalue weighted by molar-refractivity contribution is 4.87. The molecule has 2 rings (SSSR count). The normalized spacial score (nSPS) is 33.8. The van der Waals surface area contributed by atoms with Crippen LogP contribution in [0.5, 0.6) is 0 Å². The highest BCUT2D eigenvalue weighted by atomic mass is 14.9. The molecular formula is C15H33N. The molecule has 0 radical (unpaired) electrons. The molecule has 2 unspecified atom stereocenters. The third-order valence-electron chi connectivity index (χ3n) is 4.19. The summed E-state index contributed by atoms with van der Waals surface area (Å²) in [5.41, 5.74) is 0.534. The average Bonchev–Trinajstić information content (AvgIpc) is 2.57. The van der Waals surface area contributed by atoms with E-state index in [0.717, 1.165) is 12.0 Å². The van der Waals surface area contributed by atoms with E-state index in [-0.39, 0.29) is 1.43 Å². The Balaban J connectivity index is 0.000000811. The summed E-state index contributed by atoms with van der Waals surface area (Å²) in [7, 11) is 0. The van der Waals surface area contributed by atoms with Crippen LogP contribution in [0.3, 0.4) is 0 Å². The van der Waals surface area contributed by atoms with Crippen LogP contribution in [0.4, 0.5) is 0 Å². The van der Waals surface area contributed by atoms with Crippen molar-refractivity contribution >= 4 is 0 Å². The first-order valence-corrected chi connectivity index (χ1v) is 7.41. The van der Waals surface area contributed by atoms with Crippen molar-refractivity contribution in [1.82, 2.24) is 5.32 Å².